The van der Waals surface area contributed by atoms with Gasteiger partial charge in [-0.15, -0.1) is 11.6 Å². The van der Waals surface area contributed by atoms with Crippen molar-refractivity contribution in [2.45, 2.75) is 26.3 Å². The molecule has 1 aromatic carbocycles. The van der Waals surface area contributed by atoms with Crippen LogP contribution in [-0.2, 0) is 0 Å². The molecule has 0 bridgehead atoms. The van der Waals surface area contributed by atoms with Crippen LogP contribution in [0.3, 0.4) is 0 Å². The minimum Gasteiger partial charge on any atom is -0.508 e. The minimum absolute atomic E-state index is 0.0293. The number of aromatic hydroxyl groups is 1. The summed E-state index contributed by atoms with van der Waals surface area (Å²) in [6, 6.07) is 5.15. The largest absolute Gasteiger partial charge is 0.508 e. The molecular formula is C14H18ClNO2. The normalized spacial score (nSPS) is 23.4. The van der Waals surface area contributed by atoms with Crippen LogP contribution in [0.4, 0.5) is 0 Å². The van der Waals surface area contributed by atoms with Crippen molar-refractivity contribution in [3.05, 3.63) is 29.3 Å². The first-order valence-corrected chi connectivity index (χ1v) is 6.75. The summed E-state index contributed by atoms with van der Waals surface area (Å²) in [6.45, 7) is 4.62. The van der Waals surface area contributed by atoms with E-state index in [-0.39, 0.29) is 17.7 Å². The number of nitrogens with zero attached hydrogens (tertiary/aromatic N) is 1. The van der Waals surface area contributed by atoms with Crippen molar-refractivity contribution in [1.82, 2.24) is 4.90 Å². The van der Waals surface area contributed by atoms with Crippen molar-refractivity contribution in [3.63, 3.8) is 0 Å². The second-order valence-corrected chi connectivity index (χ2v) is 5.24. The Morgan fingerprint density at radius 2 is 2.28 bits per heavy atom. The molecule has 1 saturated heterocycles. The number of hydrogen-bond acceptors (Lipinski definition) is 2. The molecule has 0 radical (unpaired) electrons. The summed E-state index contributed by atoms with van der Waals surface area (Å²) >= 11 is 5.96. The van der Waals surface area contributed by atoms with E-state index >= 15 is 0 Å². The first-order chi connectivity index (χ1) is 8.56. The monoisotopic (exact) mass is 267 g/mol. The molecule has 1 heterocycles. The van der Waals surface area contributed by atoms with E-state index in [1.54, 1.807) is 25.1 Å². The van der Waals surface area contributed by atoms with Crippen LogP contribution >= 0.6 is 11.6 Å². The fourth-order valence-electron chi connectivity index (χ4n) is 2.51. The highest BCUT2D eigenvalue weighted by Crippen LogP contribution is 2.28. The van der Waals surface area contributed by atoms with Gasteiger partial charge >= 0.3 is 0 Å². The van der Waals surface area contributed by atoms with Gasteiger partial charge < -0.3 is 10.0 Å². The standard InChI is InChI=1S/C14H18ClNO2/c1-9-6-7-16(12(9)8-15)14(18)11-4-3-5-13(17)10(11)2/h3-5,9,12,17H,6-8H2,1-2H3. The summed E-state index contributed by atoms with van der Waals surface area (Å²) in [7, 11) is 0. The highest BCUT2D eigenvalue weighted by Gasteiger charge is 2.34. The van der Waals surface area contributed by atoms with Crippen molar-refractivity contribution in [2.75, 3.05) is 12.4 Å². The highest BCUT2D eigenvalue weighted by molar-refractivity contribution is 6.18. The second-order valence-electron chi connectivity index (χ2n) is 4.94. The summed E-state index contributed by atoms with van der Waals surface area (Å²) in [6.07, 6.45) is 0.987. The number of hydrogen-bond donors (Lipinski definition) is 1. The van der Waals surface area contributed by atoms with E-state index < -0.39 is 0 Å². The van der Waals surface area contributed by atoms with Gasteiger partial charge in [0.2, 0.25) is 0 Å². The Balaban J connectivity index is 2.29. The Bertz CT molecular complexity index is 461. The van der Waals surface area contributed by atoms with Gasteiger partial charge in [-0.1, -0.05) is 13.0 Å². The summed E-state index contributed by atoms with van der Waals surface area (Å²) in [4.78, 5) is 14.3. The summed E-state index contributed by atoms with van der Waals surface area (Å²) in [5.74, 6) is 1.03. The van der Waals surface area contributed by atoms with Crippen LogP contribution in [-0.4, -0.2) is 34.4 Å². The molecule has 2 unspecified atom stereocenters. The third-order valence-electron chi connectivity index (χ3n) is 3.84. The Labute approximate surface area is 112 Å². The van der Waals surface area contributed by atoms with Gasteiger partial charge in [-0.3, -0.25) is 4.79 Å². The molecule has 0 spiro atoms. The first-order valence-electron chi connectivity index (χ1n) is 6.21. The van der Waals surface area contributed by atoms with Crippen LogP contribution in [0.25, 0.3) is 0 Å². The number of phenols is 1. The van der Waals surface area contributed by atoms with E-state index in [2.05, 4.69) is 6.92 Å². The zero-order chi connectivity index (χ0) is 13.3. The Hall–Kier alpha value is -1.22. The first kappa shape index (κ1) is 13.2. The van der Waals surface area contributed by atoms with E-state index in [1.165, 1.54) is 0 Å². The van der Waals surface area contributed by atoms with Crippen LogP contribution in [0.2, 0.25) is 0 Å². The molecular weight excluding hydrogens is 250 g/mol. The van der Waals surface area contributed by atoms with Gasteiger partial charge in [0.1, 0.15) is 5.75 Å². The number of halogens is 1. The van der Waals surface area contributed by atoms with Gasteiger partial charge in [-0.05, 0) is 31.4 Å². The third-order valence-corrected chi connectivity index (χ3v) is 4.15. The minimum atomic E-state index is -0.0293. The van der Waals surface area contributed by atoms with E-state index in [4.69, 9.17) is 11.6 Å². The fourth-order valence-corrected chi connectivity index (χ4v) is 2.98. The lowest BCUT2D eigenvalue weighted by molar-refractivity contribution is 0.0736. The Morgan fingerprint density at radius 1 is 1.56 bits per heavy atom. The average molecular weight is 268 g/mol. The van der Waals surface area contributed by atoms with Gasteiger partial charge in [0.15, 0.2) is 0 Å². The number of rotatable bonds is 2. The van der Waals surface area contributed by atoms with Gasteiger partial charge in [0.25, 0.3) is 5.91 Å². The number of amides is 1. The third kappa shape index (κ3) is 2.19. The lowest BCUT2D eigenvalue weighted by Crippen LogP contribution is -2.38. The van der Waals surface area contributed by atoms with Crippen LogP contribution in [0.15, 0.2) is 18.2 Å². The smallest absolute Gasteiger partial charge is 0.254 e. The molecule has 1 aliphatic rings. The zero-order valence-electron chi connectivity index (χ0n) is 10.7. The van der Waals surface area contributed by atoms with E-state index in [0.29, 0.717) is 22.9 Å². The molecule has 1 N–H and O–H groups in total. The zero-order valence-corrected chi connectivity index (χ0v) is 11.4. The predicted octanol–water partition coefficient (Wildman–Crippen LogP) is 2.79. The Kier molecular flexibility index (Phi) is 3.81. The molecule has 3 nitrogen and oxygen atoms in total. The molecule has 1 amide bonds. The molecule has 2 atom stereocenters. The van der Waals surface area contributed by atoms with E-state index in [9.17, 15) is 9.90 Å². The molecule has 0 aromatic heterocycles. The maximum atomic E-state index is 12.5. The quantitative estimate of drug-likeness (QED) is 0.837. The lowest BCUT2D eigenvalue weighted by Gasteiger charge is -2.25. The molecule has 0 aliphatic carbocycles. The summed E-state index contributed by atoms with van der Waals surface area (Å²) in [5.41, 5.74) is 1.20. The van der Waals surface area contributed by atoms with Gasteiger partial charge in [0.05, 0.1) is 0 Å². The number of alkyl halides is 1. The predicted molar refractivity (Wildman–Crippen MR) is 72.2 cm³/mol. The van der Waals surface area contributed by atoms with Crippen LogP contribution in [0.5, 0.6) is 5.75 Å². The number of likely N-dealkylation sites (tertiary alicyclic amines) is 1. The number of carbonyl (C=O) groups excluding carboxylic acids is 1. The maximum Gasteiger partial charge on any atom is 0.254 e. The van der Waals surface area contributed by atoms with Crippen molar-refractivity contribution < 1.29 is 9.90 Å². The summed E-state index contributed by atoms with van der Waals surface area (Å²) in [5, 5.41) is 9.67. The van der Waals surface area contributed by atoms with Gasteiger partial charge in [-0.25, -0.2) is 0 Å². The average Bonchev–Trinajstić information content (AvgIpc) is 2.73. The van der Waals surface area contributed by atoms with E-state index in [1.807, 2.05) is 4.90 Å². The van der Waals surface area contributed by atoms with Crippen molar-refractivity contribution in [2.24, 2.45) is 5.92 Å². The molecule has 1 fully saturated rings. The van der Waals surface area contributed by atoms with Crippen LogP contribution < -0.4 is 0 Å². The lowest BCUT2D eigenvalue weighted by atomic mass is 10.0. The maximum absolute atomic E-state index is 12.5. The fraction of sp³-hybridized carbons (Fsp3) is 0.500. The van der Waals surface area contributed by atoms with Crippen LogP contribution in [0.1, 0.15) is 29.3 Å². The summed E-state index contributed by atoms with van der Waals surface area (Å²) < 4.78 is 0. The molecule has 4 heteroatoms. The van der Waals surface area contributed by atoms with Crippen molar-refractivity contribution >= 4 is 17.5 Å². The molecule has 98 valence electrons. The van der Waals surface area contributed by atoms with E-state index in [0.717, 1.165) is 13.0 Å². The van der Waals surface area contributed by atoms with Crippen molar-refractivity contribution in [1.29, 1.82) is 0 Å². The highest BCUT2D eigenvalue weighted by atomic mass is 35.5. The Morgan fingerprint density at radius 3 is 2.94 bits per heavy atom. The molecule has 18 heavy (non-hydrogen) atoms. The van der Waals surface area contributed by atoms with Crippen LogP contribution in [0, 0.1) is 12.8 Å². The van der Waals surface area contributed by atoms with Gasteiger partial charge in [-0.2, -0.15) is 0 Å². The molecule has 1 aliphatic heterocycles. The SMILES string of the molecule is Cc1c(O)cccc1C(=O)N1CCC(C)C1CCl. The number of phenolic OH excluding ortho intramolecular Hbond substituents is 1. The molecule has 0 saturated carbocycles. The molecule has 2 rings (SSSR count). The molecule has 1 aromatic rings. The van der Waals surface area contributed by atoms with Crippen molar-refractivity contribution in [3.8, 4) is 5.75 Å². The second kappa shape index (κ2) is 5.19. The number of benzene rings is 1. The topological polar surface area (TPSA) is 40.5 Å². The van der Waals surface area contributed by atoms with Gasteiger partial charge in [0, 0.05) is 29.6 Å². The number of carbonyl (C=O) groups is 1.